The Labute approximate surface area is 163 Å². The van der Waals surface area contributed by atoms with Crippen LogP contribution >= 0.6 is 23.8 Å². The van der Waals surface area contributed by atoms with Gasteiger partial charge in [0.1, 0.15) is 0 Å². The lowest BCUT2D eigenvalue weighted by molar-refractivity contribution is 0.653. The van der Waals surface area contributed by atoms with Gasteiger partial charge in [-0.15, -0.1) is 0 Å². The number of hydrogen-bond donors (Lipinski definition) is 2. The quantitative estimate of drug-likeness (QED) is 0.632. The van der Waals surface area contributed by atoms with Gasteiger partial charge in [-0.25, -0.2) is 0 Å². The molecule has 0 atom stereocenters. The number of nitrogens with zero attached hydrogens (tertiary/aromatic N) is 4. The number of aromatic nitrogens is 4. The molecule has 0 aliphatic carbocycles. The molecule has 0 aliphatic heterocycles. The Balaban J connectivity index is 1.52. The molecule has 136 valence electrons. The zero-order valence-corrected chi connectivity index (χ0v) is 16.3. The van der Waals surface area contributed by atoms with Crippen molar-refractivity contribution in [3.8, 4) is 0 Å². The monoisotopic (exact) mass is 388 g/mol. The van der Waals surface area contributed by atoms with Crippen LogP contribution in [0.15, 0.2) is 42.9 Å². The van der Waals surface area contributed by atoms with Gasteiger partial charge in [-0.3, -0.25) is 9.36 Å². The largest absolute Gasteiger partial charge is 0.358 e. The van der Waals surface area contributed by atoms with Gasteiger partial charge in [0.2, 0.25) is 0 Å². The summed E-state index contributed by atoms with van der Waals surface area (Å²) < 4.78 is 3.77. The first kappa shape index (κ1) is 18.4. The highest BCUT2D eigenvalue weighted by Crippen LogP contribution is 2.12. The van der Waals surface area contributed by atoms with Crippen molar-refractivity contribution in [2.24, 2.45) is 0 Å². The molecule has 0 spiro atoms. The second-order valence-electron chi connectivity index (χ2n) is 5.96. The fraction of sp³-hybridized carbons (Fsp3) is 0.278. The van der Waals surface area contributed by atoms with Crippen LogP contribution in [0.25, 0.3) is 0 Å². The van der Waals surface area contributed by atoms with E-state index in [4.69, 9.17) is 23.8 Å². The third-order valence-electron chi connectivity index (χ3n) is 3.96. The number of thiocarbonyl (C=S) groups is 1. The highest BCUT2D eigenvalue weighted by atomic mass is 35.5. The summed E-state index contributed by atoms with van der Waals surface area (Å²) >= 11 is 11.3. The van der Waals surface area contributed by atoms with Gasteiger partial charge in [0.25, 0.3) is 0 Å². The van der Waals surface area contributed by atoms with Crippen LogP contribution in [0.3, 0.4) is 0 Å². The number of rotatable bonds is 6. The van der Waals surface area contributed by atoms with Gasteiger partial charge in [-0.1, -0.05) is 23.7 Å². The van der Waals surface area contributed by atoms with Gasteiger partial charge >= 0.3 is 0 Å². The molecule has 0 unspecified atom stereocenters. The van der Waals surface area contributed by atoms with Crippen molar-refractivity contribution in [3.63, 3.8) is 0 Å². The molecule has 0 amide bonds. The fourth-order valence-corrected chi connectivity index (χ4v) is 2.85. The van der Waals surface area contributed by atoms with E-state index in [1.165, 1.54) is 0 Å². The van der Waals surface area contributed by atoms with Gasteiger partial charge in [-0.2, -0.15) is 10.2 Å². The first-order valence-corrected chi connectivity index (χ1v) is 9.17. The van der Waals surface area contributed by atoms with E-state index in [-0.39, 0.29) is 0 Å². The Morgan fingerprint density at radius 3 is 2.65 bits per heavy atom. The van der Waals surface area contributed by atoms with Crippen LogP contribution in [0.1, 0.15) is 23.7 Å². The van der Waals surface area contributed by atoms with E-state index in [0.29, 0.717) is 18.2 Å². The number of benzene rings is 1. The molecule has 1 aromatic carbocycles. The van der Waals surface area contributed by atoms with Crippen molar-refractivity contribution in [1.29, 1.82) is 0 Å². The maximum absolute atomic E-state index is 5.91. The Bertz CT molecular complexity index is 883. The third-order valence-corrected chi connectivity index (χ3v) is 4.46. The van der Waals surface area contributed by atoms with Gasteiger partial charge in [0.15, 0.2) is 5.11 Å². The summed E-state index contributed by atoms with van der Waals surface area (Å²) in [6, 6.07) is 7.73. The summed E-state index contributed by atoms with van der Waals surface area (Å²) in [4.78, 5) is 0. The molecule has 2 aromatic heterocycles. The van der Waals surface area contributed by atoms with Crippen molar-refractivity contribution < 1.29 is 0 Å². The number of nitrogens with one attached hydrogen (secondary N) is 2. The predicted octanol–water partition coefficient (Wildman–Crippen LogP) is 3.60. The molecule has 0 bridgehead atoms. The molecule has 0 aliphatic rings. The molecule has 3 aromatic rings. The summed E-state index contributed by atoms with van der Waals surface area (Å²) in [6.45, 7) is 6.24. The van der Waals surface area contributed by atoms with Crippen molar-refractivity contribution in [2.75, 3.05) is 5.32 Å². The van der Waals surface area contributed by atoms with Gasteiger partial charge in [0.05, 0.1) is 24.1 Å². The van der Waals surface area contributed by atoms with Crippen LogP contribution in [0, 0.1) is 6.92 Å². The van der Waals surface area contributed by atoms with Crippen LogP contribution in [0.2, 0.25) is 5.02 Å². The maximum atomic E-state index is 5.91. The standard InChI is InChI=1S/C18H21ClN6S/c1-3-24-11-15(13(2)23-24)8-20-18(26)22-17-9-21-25(12-17)10-14-4-6-16(19)7-5-14/h4-7,9,11-12H,3,8,10H2,1-2H3,(H2,20,22,26). The molecule has 3 rings (SSSR count). The first-order chi connectivity index (χ1) is 12.5. The third kappa shape index (κ3) is 4.83. The molecular formula is C18H21ClN6S. The molecule has 0 saturated carbocycles. The molecule has 0 saturated heterocycles. The maximum Gasteiger partial charge on any atom is 0.171 e. The zero-order valence-electron chi connectivity index (χ0n) is 14.7. The second kappa shape index (κ2) is 8.33. The summed E-state index contributed by atoms with van der Waals surface area (Å²) in [7, 11) is 0. The van der Waals surface area contributed by atoms with Crippen LogP contribution < -0.4 is 10.6 Å². The smallest absolute Gasteiger partial charge is 0.171 e. The van der Waals surface area contributed by atoms with E-state index >= 15 is 0 Å². The first-order valence-electron chi connectivity index (χ1n) is 8.38. The highest BCUT2D eigenvalue weighted by molar-refractivity contribution is 7.80. The summed E-state index contributed by atoms with van der Waals surface area (Å²) in [5.74, 6) is 0. The Morgan fingerprint density at radius 2 is 1.96 bits per heavy atom. The molecule has 6 nitrogen and oxygen atoms in total. The van der Waals surface area contributed by atoms with Gasteiger partial charge in [0, 0.05) is 36.1 Å². The van der Waals surface area contributed by atoms with Crippen molar-refractivity contribution in [2.45, 2.75) is 33.5 Å². The van der Waals surface area contributed by atoms with E-state index in [9.17, 15) is 0 Å². The van der Waals surface area contributed by atoms with Crippen LogP contribution in [-0.4, -0.2) is 24.7 Å². The Morgan fingerprint density at radius 1 is 1.19 bits per heavy atom. The zero-order chi connectivity index (χ0) is 18.5. The Hall–Kier alpha value is -2.38. The van der Waals surface area contributed by atoms with E-state index in [1.54, 1.807) is 6.20 Å². The molecule has 2 heterocycles. The minimum absolute atomic E-state index is 0.555. The van der Waals surface area contributed by atoms with E-state index in [0.717, 1.165) is 34.1 Å². The SMILES string of the molecule is CCn1cc(CNC(=S)Nc2cnn(Cc3ccc(Cl)cc3)c2)c(C)n1. The van der Waals surface area contributed by atoms with Crippen LogP contribution in [0.4, 0.5) is 5.69 Å². The molecule has 2 N–H and O–H groups in total. The lowest BCUT2D eigenvalue weighted by atomic mass is 10.2. The van der Waals surface area contributed by atoms with Crippen molar-refractivity contribution >= 4 is 34.6 Å². The number of aryl methyl sites for hydroxylation is 2. The minimum Gasteiger partial charge on any atom is -0.358 e. The van der Waals surface area contributed by atoms with Crippen LogP contribution in [0.5, 0.6) is 0 Å². The van der Waals surface area contributed by atoms with E-state index < -0.39 is 0 Å². The van der Waals surface area contributed by atoms with E-state index in [1.807, 2.05) is 52.9 Å². The average molecular weight is 389 g/mol. The lowest BCUT2D eigenvalue weighted by Gasteiger charge is -2.08. The van der Waals surface area contributed by atoms with Gasteiger partial charge < -0.3 is 10.6 Å². The molecule has 8 heteroatoms. The van der Waals surface area contributed by atoms with E-state index in [2.05, 4.69) is 27.8 Å². The molecular weight excluding hydrogens is 368 g/mol. The molecule has 26 heavy (non-hydrogen) atoms. The highest BCUT2D eigenvalue weighted by Gasteiger charge is 2.06. The van der Waals surface area contributed by atoms with Crippen molar-refractivity contribution in [1.82, 2.24) is 24.9 Å². The average Bonchev–Trinajstić information content (AvgIpc) is 3.21. The fourth-order valence-electron chi connectivity index (χ4n) is 2.54. The summed E-state index contributed by atoms with van der Waals surface area (Å²) in [5.41, 5.74) is 4.12. The predicted molar refractivity (Wildman–Crippen MR) is 108 cm³/mol. The number of anilines is 1. The number of hydrogen-bond acceptors (Lipinski definition) is 3. The normalized spacial score (nSPS) is 10.7. The van der Waals surface area contributed by atoms with Crippen molar-refractivity contribution in [3.05, 3.63) is 64.7 Å². The Kier molecular flexibility index (Phi) is 5.90. The summed E-state index contributed by atoms with van der Waals surface area (Å²) in [5, 5.41) is 16.4. The topological polar surface area (TPSA) is 59.7 Å². The second-order valence-corrected chi connectivity index (χ2v) is 6.80. The van der Waals surface area contributed by atoms with Crippen LogP contribution in [-0.2, 0) is 19.6 Å². The number of halogens is 1. The molecule has 0 fully saturated rings. The molecule has 0 radical (unpaired) electrons. The van der Waals surface area contributed by atoms with Gasteiger partial charge in [-0.05, 0) is 43.8 Å². The minimum atomic E-state index is 0.555. The lowest BCUT2D eigenvalue weighted by Crippen LogP contribution is -2.27. The summed E-state index contributed by atoms with van der Waals surface area (Å²) in [6.07, 6.45) is 5.71.